The number of likely N-dealkylation sites (tertiary alicyclic amines) is 2. The second kappa shape index (κ2) is 9.57. The van der Waals surface area contributed by atoms with E-state index in [9.17, 15) is 14.7 Å². The lowest BCUT2D eigenvalue weighted by Gasteiger charge is -2.35. The molecule has 4 rings (SSSR count). The summed E-state index contributed by atoms with van der Waals surface area (Å²) in [6, 6.07) is 6.80. The first-order chi connectivity index (χ1) is 15.0. The van der Waals surface area contributed by atoms with Crippen LogP contribution >= 0.6 is 0 Å². The SMILES string of the molecule is CCN1CCC(C(=O)N2C[C@H]3C[C@@H](Oc4ccc(C(=O)OC)cc4)[C@H](O)C[C@H]3C2)CC1. The van der Waals surface area contributed by atoms with E-state index in [0.717, 1.165) is 52.0 Å². The first-order valence-electron chi connectivity index (χ1n) is 11.5. The number of carbonyl (C=O) groups is 2. The van der Waals surface area contributed by atoms with Crippen molar-refractivity contribution in [1.29, 1.82) is 0 Å². The van der Waals surface area contributed by atoms with Crippen molar-refractivity contribution >= 4 is 11.9 Å². The van der Waals surface area contributed by atoms with Crippen LogP contribution in [0.2, 0.25) is 0 Å². The van der Waals surface area contributed by atoms with Gasteiger partial charge in [-0.3, -0.25) is 4.79 Å². The Morgan fingerprint density at radius 2 is 1.71 bits per heavy atom. The Labute approximate surface area is 184 Å². The molecule has 0 spiro atoms. The van der Waals surface area contributed by atoms with Gasteiger partial charge < -0.3 is 24.4 Å². The zero-order chi connectivity index (χ0) is 22.0. The van der Waals surface area contributed by atoms with Crippen LogP contribution in [-0.4, -0.2) is 78.8 Å². The number of ether oxygens (including phenoxy) is 2. The molecule has 1 aromatic rings. The smallest absolute Gasteiger partial charge is 0.337 e. The van der Waals surface area contributed by atoms with Crippen molar-refractivity contribution < 1.29 is 24.2 Å². The van der Waals surface area contributed by atoms with Gasteiger partial charge >= 0.3 is 5.97 Å². The molecule has 7 heteroatoms. The minimum Gasteiger partial charge on any atom is -0.488 e. The van der Waals surface area contributed by atoms with Crippen LogP contribution in [0.4, 0.5) is 0 Å². The van der Waals surface area contributed by atoms with E-state index in [1.165, 1.54) is 7.11 Å². The maximum absolute atomic E-state index is 13.1. The van der Waals surface area contributed by atoms with Gasteiger partial charge in [-0.1, -0.05) is 6.92 Å². The van der Waals surface area contributed by atoms with Gasteiger partial charge in [-0.05, 0) is 81.4 Å². The highest BCUT2D eigenvalue weighted by Gasteiger charge is 2.45. The van der Waals surface area contributed by atoms with Gasteiger partial charge in [-0.25, -0.2) is 4.79 Å². The number of aliphatic hydroxyl groups is 1. The maximum atomic E-state index is 13.1. The highest BCUT2D eigenvalue weighted by molar-refractivity contribution is 5.89. The summed E-state index contributed by atoms with van der Waals surface area (Å²) in [7, 11) is 1.35. The second-order valence-corrected chi connectivity index (χ2v) is 9.18. The number of rotatable bonds is 5. The molecule has 31 heavy (non-hydrogen) atoms. The molecule has 0 unspecified atom stereocenters. The van der Waals surface area contributed by atoms with E-state index in [4.69, 9.17) is 9.47 Å². The van der Waals surface area contributed by atoms with Crippen molar-refractivity contribution in [1.82, 2.24) is 9.80 Å². The molecule has 0 radical (unpaired) electrons. The third-order valence-corrected chi connectivity index (χ3v) is 7.34. The number of esters is 1. The molecule has 0 aromatic heterocycles. The van der Waals surface area contributed by atoms with Crippen LogP contribution in [0.15, 0.2) is 24.3 Å². The standard InChI is InChI=1S/C24H34N2O5/c1-3-25-10-8-16(9-11-25)23(28)26-14-18-12-21(27)22(13-19(18)15-26)31-20-6-4-17(5-7-20)24(29)30-2/h4-7,16,18-19,21-22,27H,3,8-15H2,1-2H3/t18-,19+,21+,22+/m0/s1. The molecule has 1 aromatic carbocycles. The van der Waals surface area contributed by atoms with Gasteiger partial charge in [0.2, 0.25) is 5.91 Å². The van der Waals surface area contributed by atoms with Gasteiger partial charge in [0.05, 0.1) is 18.8 Å². The topological polar surface area (TPSA) is 79.3 Å². The number of hydrogen-bond acceptors (Lipinski definition) is 6. The van der Waals surface area contributed by atoms with Crippen LogP contribution in [0.5, 0.6) is 5.75 Å². The molecule has 1 amide bonds. The molecular formula is C24H34N2O5. The van der Waals surface area contributed by atoms with Gasteiger partial charge in [0.1, 0.15) is 11.9 Å². The fraction of sp³-hybridized carbons (Fsp3) is 0.667. The van der Waals surface area contributed by atoms with Crippen molar-refractivity contribution in [2.24, 2.45) is 17.8 Å². The Bertz CT molecular complexity index is 775. The molecule has 170 valence electrons. The van der Waals surface area contributed by atoms with Crippen molar-refractivity contribution in [3.63, 3.8) is 0 Å². The van der Waals surface area contributed by atoms with E-state index in [-0.39, 0.29) is 18.0 Å². The highest BCUT2D eigenvalue weighted by Crippen LogP contribution is 2.39. The number of nitrogens with zero attached hydrogens (tertiary/aromatic N) is 2. The Morgan fingerprint density at radius 3 is 2.32 bits per heavy atom. The van der Waals surface area contributed by atoms with Crippen LogP contribution in [-0.2, 0) is 9.53 Å². The summed E-state index contributed by atoms with van der Waals surface area (Å²) in [5.74, 6) is 1.40. The zero-order valence-corrected chi connectivity index (χ0v) is 18.5. The van der Waals surface area contributed by atoms with E-state index in [2.05, 4.69) is 11.8 Å². The molecule has 2 heterocycles. The van der Waals surface area contributed by atoms with Crippen molar-refractivity contribution in [3.05, 3.63) is 29.8 Å². The minimum absolute atomic E-state index is 0.147. The van der Waals surface area contributed by atoms with Crippen LogP contribution in [0.1, 0.15) is 43.0 Å². The molecule has 1 aliphatic carbocycles. The number of benzene rings is 1. The molecule has 4 atom stereocenters. The van der Waals surface area contributed by atoms with Crippen LogP contribution in [0, 0.1) is 17.8 Å². The van der Waals surface area contributed by atoms with Crippen molar-refractivity contribution in [2.75, 3.05) is 39.8 Å². The zero-order valence-electron chi connectivity index (χ0n) is 18.5. The van der Waals surface area contributed by atoms with Gasteiger partial charge in [0.25, 0.3) is 0 Å². The number of fused-ring (bicyclic) bond motifs is 1. The lowest BCUT2D eigenvalue weighted by atomic mass is 9.78. The third kappa shape index (κ3) is 4.88. The predicted octanol–water partition coefficient (Wildman–Crippen LogP) is 2.18. The second-order valence-electron chi connectivity index (χ2n) is 9.18. The first-order valence-corrected chi connectivity index (χ1v) is 11.5. The fourth-order valence-corrected chi connectivity index (χ4v) is 5.41. The molecule has 1 N–H and O–H groups in total. The summed E-state index contributed by atoms with van der Waals surface area (Å²) in [5, 5.41) is 10.7. The average Bonchev–Trinajstić information content (AvgIpc) is 3.21. The fourth-order valence-electron chi connectivity index (χ4n) is 5.41. The van der Waals surface area contributed by atoms with Gasteiger partial charge in [-0.2, -0.15) is 0 Å². The Kier molecular flexibility index (Phi) is 6.82. The van der Waals surface area contributed by atoms with E-state index in [0.29, 0.717) is 35.5 Å². The van der Waals surface area contributed by atoms with Crippen molar-refractivity contribution in [2.45, 2.75) is 44.8 Å². The maximum Gasteiger partial charge on any atom is 0.337 e. The normalized spacial score (nSPS) is 29.5. The number of amides is 1. The summed E-state index contributed by atoms with van der Waals surface area (Å²) in [4.78, 5) is 29.1. The van der Waals surface area contributed by atoms with Crippen LogP contribution in [0.25, 0.3) is 0 Å². The average molecular weight is 431 g/mol. The molecule has 0 bridgehead atoms. The molecular weight excluding hydrogens is 396 g/mol. The number of hydrogen-bond donors (Lipinski definition) is 1. The first kappa shape index (κ1) is 22.1. The number of methoxy groups -OCH3 is 1. The van der Waals surface area contributed by atoms with E-state index in [1.54, 1.807) is 24.3 Å². The largest absolute Gasteiger partial charge is 0.488 e. The minimum atomic E-state index is -0.552. The van der Waals surface area contributed by atoms with Gasteiger partial charge in [0, 0.05) is 19.0 Å². The molecule has 7 nitrogen and oxygen atoms in total. The third-order valence-electron chi connectivity index (χ3n) is 7.34. The van der Waals surface area contributed by atoms with Crippen molar-refractivity contribution in [3.8, 4) is 5.75 Å². The summed E-state index contributed by atoms with van der Waals surface area (Å²) < 4.78 is 10.8. The summed E-state index contributed by atoms with van der Waals surface area (Å²) >= 11 is 0. The highest BCUT2D eigenvalue weighted by atomic mass is 16.5. The van der Waals surface area contributed by atoms with Gasteiger partial charge in [-0.15, -0.1) is 0 Å². The Morgan fingerprint density at radius 1 is 1.06 bits per heavy atom. The molecule has 1 saturated carbocycles. The lowest BCUT2D eigenvalue weighted by Crippen LogP contribution is -2.42. The molecule has 3 aliphatic rings. The number of aliphatic hydroxyl groups excluding tert-OH is 1. The molecule has 3 fully saturated rings. The van der Waals surface area contributed by atoms with E-state index in [1.807, 2.05) is 4.90 Å². The Balaban J connectivity index is 1.32. The summed E-state index contributed by atoms with van der Waals surface area (Å²) in [6.07, 6.45) is 2.46. The van der Waals surface area contributed by atoms with E-state index >= 15 is 0 Å². The molecule has 2 saturated heterocycles. The number of piperidine rings is 1. The Hall–Kier alpha value is -2.12. The van der Waals surface area contributed by atoms with E-state index < -0.39 is 6.10 Å². The summed E-state index contributed by atoms with van der Waals surface area (Å²) in [6.45, 7) is 6.78. The van der Waals surface area contributed by atoms with Crippen LogP contribution < -0.4 is 4.74 Å². The van der Waals surface area contributed by atoms with Crippen LogP contribution in [0.3, 0.4) is 0 Å². The predicted molar refractivity (Wildman–Crippen MR) is 116 cm³/mol. The monoisotopic (exact) mass is 430 g/mol. The summed E-state index contributed by atoms with van der Waals surface area (Å²) in [5.41, 5.74) is 0.467. The van der Waals surface area contributed by atoms with Gasteiger partial charge in [0.15, 0.2) is 0 Å². The quantitative estimate of drug-likeness (QED) is 0.722. The number of carbonyl (C=O) groups excluding carboxylic acids is 2. The lowest BCUT2D eigenvalue weighted by molar-refractivity contribution is -0.136. The molecule has 2 aliphatic heterocycles.